The number of hydrogen-bond acceptors (Lipinski definition) is 2. The molecule has 1 heterocycles. The van der Waals surface area contributed by atoms with Crippen molar-refractivity contribution < 1.29 is 0 Å². The quantitative estimate of drug-likeness (QED) is 0.799. The molecular formula is C17H21ClN2. The lowest BCUT2D eigenvalue weighted by atomic mass is 9.96. The minimum Gasteiger partial charge on any atom is -0.381 e. The summed E-state index contributed by atoms with van der Waals surface area (Å²) in [5, 5.41) is 5.57. The Morgan fingerprint density at radius 1 is 1.05 bits per heavy atom. The van der Waals surface area contributed by atoms with E-state index in [9.17, 15) is 0 Å². The van der Waals surface area contributed by atoms with Gasteiger partial charge in [0.25, 0.3) is 0 Å². The van der Waals surface area contributed by atoms with Crippen LogP contribution in [0.1, 0.15) is 44.9 Å². The number of pyridine rings is 1. The van der Waals surface area contributed by atoms with Gasteiger partial charge in [0.15, 0.2) is 0 Å². The minimum atomic E-state index is 0.555. The standard InChI is InChI=1S/C17H21ClN2/c18-14-11-13-7-6-10-19-17(13)16(12-14)20-15-8-4-2-1-3-5-9-15/h6-7,10-12,15,20H,1-5,8-9H2. The molecule has 1 aromatic heterocycles. The first-order chi connectivity index (χ1) is 9.83. The van der Waals surface area contributed by atoms with E-state index in [2.05, 4.69) is 16.4 Å². The summed E-state index contributed by atoms with van der Waals surface area (Å²) in [6, 6.07) is 8.57. The fraction of sp³-hybridized carbons (Fsp3) is 0.471. The van der Waals surface area contributed by atoms with E-state index >= 15 is 0 Å². The first-order valence-corrected chi connectivity index (χ1v) is 8.01. The second-order valence-corrected chi connectivity index (χ2v) is 6.15. The van der Waals surface area contributed by atoms with E-state index in [0.29, 0.717) is 6.04 Å². The lowest BCUT2D eigenvalue weighted by Crippen LogP contribution is -2.20. The molecule has 1 aliphatic rings. The molecule has 0 bridgehead atoms. The number of benzene rings is 1. The lowest BCUT2D eigenvalue weighted by Gasteiger charge is -2.22. The van der Waals surface area contributed by atoms with E-state index in [-0.39, 0.29) is 0 Å². The molecule has 2 aromatic rings. The molecular weight excluding hydrogens is 268 g/mol. The van der Waals surface area contributed by atoms with Crippen molar-refractivity contribution in [3.8, 4) is 0 Å². The number of nitrogens with zero attached hydrogens (tertiary/aromatic N) is 1. The van der Waals surface area contributed by atoms with Crippen molar-refractivity contribution in [1.29, 1.82) is 0 Å². The molecule has 1 N–H and O–H groups in total. The number of aromatic nitrogens is 1. The molecule has 0 radical (unpaired) electrons. The second kappa shape index (κ2) is 6.45. The highest BCUT2D eigenvalue weighted by Crippen LogP contribution is 2.28. The Balaban J connectivity index is 1.85. The third-order valence-corrected chi connectivity index (χ3v) is 4.35. The number of nitrogens with one attached hydrogen (secondary N) is 1. The Bertz CT molecular complexity index is 574. The van der Waals surface area contributed by atoms with Crippen LogP contribution in [0, 0.1) is 0 Å². The SMILES string of the molecule is Clc1cc(NC2CCCCCCC2)c2ncccc2c1. The Hall–Kier alpha value is -1.28. The van der Waals surface area contributed by atoms with Crippen molar-refractivity contribution in [2.45, 2.75) is 51.0 Å². The molecule has 1 saturated carbocycles. The number of rotatable bonds is 2. The maximum Gasteiger partial charge on any atom is 0.0934 e. The zero-order chi connectivity index (χ0) is 13.8. The average Bonchev–Trinajstić information content (AvgIpc) is 2.41. The van der Waals surface area contributed by atoms with Crippen LogP contribution in [0.2, 0.25) is 5.02 Å². The summed E-state index contributed by atoms with van der Waals surface area (Å²) in [6.45, 7) is 0. The van der Waals surface area contributed by atoms with Crippen LogP contribution in [0.15, 0.2) is 30.5 Å². The van der Waals surface area contributed by atoms with E-state index in [1.807, 2.05) is 24.4 Å². The van der Waals surface area contributed by atoms with Crippen molar-refractivity contribution in [2.24, 2.45) is 0 Å². The zero-order valence-corrected chi connectivity index (χ0v) is 12.5. The van der Waals surface area contributed by atoms with Gasteiger partial charge in [-0.2, -0.15) is 0 Å². The molecule has 3 heteroatoms. The average molecular weight is 289 g/mol. The number of fused-ring (bicyclic) bond motifs is 1. The molecule has 106 valence electrons. The third kappa shape index (κ3) is 3.24. The normalized spacial score (nSPS) is 17.6. The summed E-state index contributed by atoms with van der Waals surface area (Å²) < 4.78 is 0. The van der Waals surface area contributed by atoms with Crippen LogP contribution < -0.4 is 5.32 Å². The predicted octanol–water partition coefficient (Wildman–Crippen LogP) is 5.41. The Morgan fingerprint density at radius 2 is 1.80 bits per heavy atom. The monoisotopic (exact) mass is 288 g/mol. The van der Waals surface area contributed by atoms with Crippen molar-refractivity contribution in [3.05, 3.63) is 35.5 Å². The number of anilines is 1. The van der Waals surface area contributed by atoms with Gasteiger partial charge in [0.1, 0.15) is 0 Å². The van der Waals surface area contributed by atoms with Crippen LogP contribution in [0.4, 0.5) is 5.69 Å². The highest BCUT2D eigenvalue weighted by molar-refractivity contribution is 6.31. The van der Waals surface area contributed by atoms with Gasteiger partial charge in [-0.1, -0.05) is 49.8 Å². The molecule has 20 heavy (non-hydrogen) atoms. The zero-order valence-electron chi connectivity index (χ0n) is 11.7. The van der Waals surface area contributed by atoms with Crippen LogP contribution in [-0.4, -0.2) is 11.0 Å². The molecule has 0 saturated heterocycles. The fourth-order valence-electron chi connectivity index (χ4n) is 3.09. The maximum absolute atomic E-state index is 6.23. The van der Waals surface area contributed by atoms with Crippen molar-refractivity contribution in [2.75, 3.05) is 5.32 Å². The first-order valence-electron chi connectivity index (χ1n) is 7.64. The summed E-state index contributed by atoms with van der Waals surface area (Å²) in [7, 11) is 0. The van der Waals surface area contributed by atoms with Crippen molar-refractivity contribution in [3.63, 3.8) is 0 Å². The van der Waals surface area contributed by atoms with Gasteiger partial charge in [-0.25, -0.2) is 0 Å². The van der Waals surface area contributed by atoms with Gasteiger partial charge in [-0.05, 0) is 31.0 Å². The predicted molar refractivity (Wildman–Crippen MR) is 86.5 cm³/mol. The summed E-state index contributed by atoms with van der Waals surface area (Å²) in [5.41, 5.74) is 2.11. The molecule has 0 unspecified atom stereocenters. The van der Waals surface area contributed by atoms with Crippen LogP contribution in [0.5, 0.6) is 0 Å². The number of hydrogen-bond donors (Lipinski definition) is 1. The van der Waals surface area contributed by atoms with Gasteiger partial charge >= 0.3 is 0 Å². The molecule has 3 rings (SSSR count). The van der Waals surface area contributed by atoms with Crippen molar-refractivity contribution >= 4 is 28.2 Å². The minimum absolute atomic E-state index is 0.555. The lowest BCUT2D eigenvalue weighted by molar-refractivity contribution is 0.471. The van der Waals surface area contributed by atoms with E-state index in [1.165, 1.54) is 44.9 Å². The molecule has 0 spiro atoms. The van der Waals surface area contributed by atoms with Gasteiger partial charge in [-0.3, -0.25) is 4.98 Å². The Morgan fingerprint density at radius 3 is 2.60 bits per heavy atom. The topological polar surface area (TPSA) is 24.9 Å². The summed E-state index contributed by atoms with van der Waals surface area (Å²) in [4.78, 5) is 4.51. The summed E-state index contributed by atoms with van der Waals surface area (Å²) in [6.07, 6.45) is 11.1. The van der Waals surface area contributed by atoms with Gasteiger partial charge in [0.05, 0.1) is 11.2 Å². The smallest absolute Gasteiger partial charge is 0.0934 e. The number of halogens is 1. The van der Waals surface area contributed by atoms with Crippen LogP contribution in [-0.2, 0) is 0 Å². The highest BCUT2D eigenvalue weighted by Gasteiger charge is 2.13. The van der Waals surface area contributed by atoms with Gasteiger partial charge < -0.3 is 5.32 Å². The second-order valence-electron chi connectivity index (χ2n) is 5.71. The fourth-order valence-corrected chi connectivity index (χ4v) is 3.31. The van der Waals surface area contributed by atoms with Gasteiger partial charge in [0.2, 0.25) is 0 Å². The van der Waals surface area contributed by atoms with Gasteiger partial charge in [0, 0.05) is 22.6 Å². The maximum atomic E-state index is 6.23. The molecule has 0 aliphatic heterocycles. The summed E-state index contributed by atoms with van der Waals surface area (Å²) >= 11 is 6.23. The Labute approximate surface area is 125 Å². The highest BCUT2D eigenvalue weighted by atomic mass is 35.5. The summed E-state index contributed by atoms with van der Waals surface area (Å²) in [5.74, 6) is 0. The molecule has 1 aromatic carbocycles. The third-order valence-electron chi connectivity index (χ3n) is 4.13. The van der Waals surface area contributed by atoms with Crippen LogP contribution in [0.25, 0.3) is 10.9 Å². The van der Waals surface area contributed by atoms with E-state index < -0.39 is 0 Å². The van der Waals surface area contributed by atoms with E-state index in [4.69, 9.17) is 11.6 Å². The van der Waals surface area contributed by atoms with Crippen LogP contribution in [0.3, 0.4) is 0 Å². The molecule has 1 fully saturated rings. The largest absolute Gasteiger partial charge is 0.381 e. The Kier molecular flexibility index (Phi) is 4.41. The van der Waals surface area contributed by atoms with E-state index in [0.717, 1.165) is 21.6 Å². The van der Waals surface area contributed by atoms with Gasteiger partial charge in [-0.15, -0.1) is 0 Å². The molecule has 1 aliphatic carbocycles. The first kappa shape index (κ1) is 13.7. The molecule has 0 amide bonds. The molecule has 2 nitrogen and oxygen atoms in total. The van der Waals surface area contributed by atoms with Crippen molar-refractivity contribution in [1.82, 2.24) is 4.98 Å². The van der Waals surface area contributed by atoms with E-state index in [1.54, 1.807) is 0 Å². The van der Waals surface area contributed by atoms with Crippen LogP contribution >= 0.6 is 11.6 Å². The molecule has 0 atom stereocenters.